The van der Waals surface area contributed by atoms with Crippen LogP contribution in [-0.2, 0) is 22.3 Å². The lowest BCUT2D eigenvalue weighted by atomic mass is 10.1. The lowest BCUT2D eigenvalue weighted by Gasteiger charge is -2.15. The first-order chi connectivity index (χ1) is 10.9. The van der Waals surface area contributed by atoms with Crippen molar-refractivity contribution in [2.24, 2.45) is 0 Å². The van der Waals surface area contributed by atoms with Crippen LogP contribution >= 0.6 is 0 Å². The van der Waals surface area contributed by atoms with Crippen molar-refractivity contribution in [1.82, 2.24) is 10.3 Å². The van der Waals surface area contributed by atoms with Gasteiger partial charge in [0.25, 0.3) is 5.91 Å². The second-order valence-electron chi connectivity index (χ2n) is 4.76. The molecule has 1 atom stereocenters. The van der Waals surface area contributed by atoms with Gasteiger partial charge in [-0.15, -0.1) is 0 Å². The number of nitrogens with zero attached hydrogens (tertiary/aromatic N) is 1. The minimum atomic E-state index is -4.51. The second-order valence-corrected chi connectivity index (χ2v) is 4.76. The molecule has 0 saturated carbocycles. The first-order valence-corrected chi connectivity index (χ1v) is 6.80. The molecule has 1 aromatic heterocycles. The van der Waals surface area contributed by atoms with Crippen LogP contribution in [0.1, 0.15) is 23.1 Å². The molecule has 122 valence electrons. The van der Waals surface area contributed by atoms with E-state index in [1.165, 1.54) is 19.2 Å². The highest BCUT2D eigenvalue weighted by molar-refractivity contribution is 5.82. The van der Waals surface area contributed by atoms with Crippen molar-refractivity contribution in [3.63, 3.8) is 0 Å². The normalized spacial score (nSPS) is 12.7. The molecule has 1 heterocycles. The average molecular weight is 324 g/mol. The molecule has 2 rings (SSSR count). The monoisotopic (exact) mass is 324 g/mol. The van der Waals surface area contributed by atoms with Gasteiger partial charge in [0.05, 0.1) is 12.2 Å². The van der Waals surface area contributed by atoms with Gasteiger partial charge in [-0.2, -0.15) is 13.2 Å². The average Bonchev–Trinajstić information content (AvgIpc) is 2.54. The van der Waals surface area contributed by atoms with E-state index < -0.39 is 23.9 Å². The van der Waals surface area contributed by atoms with Gasteiger partial charge in [-0.1, -0.05) is 36.4 Å². The zero-order chi connectivity index (χ0) is 16.9. The number of nitrogens with one attached hydrogen (secondary N) is 1. The molecule has 0 aliphatic heterocycles. The Morgan fingerprint density at radius 1 is 1.17 bits per heavy atom. The summed E-state index contributed by atoms with van der Waals surface area (Å²) in [6.07, 6.45) is -5.35. The summed E-state index contributed by atoms with van der Waals surface area (Å²) in [6, 6.07) is 12.4. The zero-order valence-corrected chi connectivity index (χ0v) is 12.3. The summed E-state index contributed by atoms with van der Waals surface area (Å²) in [5.41, 5.74) is -0.212. The van der Waals surface area contributed by atoms with E-state index in [1.54, 1.807) is 30.3 Å². The molecule has 7 heteroatoms. The summed E-state index contributed by atoms with van der Waals surface area (Å²) in [7, 11) is 1.39. The van der Waals surface area contributed by atoms with Crippen LogP contribution in [0.3, 0.4) is 0 Å². The number of rotatable bonds is 5. The van der Waals surface area contributed by atoms with Crippen LogP contribution in [0.15, 0.2) is 48.5 Å². The number of hydrogen-bond acceptors (Lipinski definition) is 3. The second kappa shape index (κ2) is 7.23. The Hall–Kier alpha value is -2.41. The van der Waals surface area contributed by atoms with Crippen LogP contribution in [0, 0.1) is 0 Å². The van der Waals surface area contributed by atoms with Crippen molar-refractivity contribution in [1.29, 1.82) is 0 Å². The summed E-state index contributed by atoms with van der Waals surface area (Å²) in [5.74, 6) is -0.446. The number of halogens is 3. The molecule has 0 fully saturated rings. The van der Waals surface area contributed by atoms with Gasteiger partial charge in [-0.05, 0) is 17.7 Å². The molecule has 1 unspecified atom stereocenters. The molecular weight excluding hydrogens is 309 g/mol. The minimum Gasteiger partial charge on any atom is -0.367 e. The van der Waals surface area contributed by atoms with E-state index in [1.807, 2.05) is 0 Å². The molecule has 0 bridgehead atoms. The summed E-state index contributed by atoms with van der Waals surface area (Å²) < 4.78 is 43.0. The number of carbonyl (C=O) groups excluding carboxylic acids is 1. The van der Waals surface area contributed by atoms with Crippen molar-refractivity contribution < 1.29 is 22.7 Å². The van der Waals surface area contributed by atoms with Crippen molar-refractivity contribution in [2.75, 3.05) is 7.11 Å². The van der Waals surface area contributed by atoms with Crippen molar-refractivity contribution in [3.8, 4) is 0 Å². The Morgan fingerprint density at radius 3 is 2.48 bits per heavy atom. The molecule has 0 radical (unpaired) electrons. The van der Waals surface area contributed by atoms with Gasteiger partial charge in [0.2, 0.25) is 0 Å². The molecule has 23 heavy (non-hydrogen) atoms. The molecule has 1 amide bonds. The number of methoxy groups -OCH3 is 1. The molecule has 0 aliphatic rings. The predicted molar refractivity (Wildman–Crippen MR) is 77.3 cm³/mol. The van der Waals surface area contributed by atoms with Crippen LogP contribution in [0.2, 0.25) is 0 Å². The van der Waals surface area contributed by atoms with Crippen LogP contribution in [0.5, 0.6) is 0 Å². The SMILES string of the molecule is COC(C(=O)NCc1cccc(C(F)(F)F)n1)c1ccccc1. The lowest BCUT2D eigenvalue weighted by molar-refractivity contribution is -0.141. The van der Waals surface area contributed by atoms with Crippen molar-refractivity contribution >= 4 is 5.91 Å². The van der Waals surface area contributed by atoms with E-state index >= 15 is 0 Å². The van der Waals surface area contributed by atoms with E-state index in [-0.39, 0.29) is 12.2 Å². The van der Waals surface area contributed by atoms with Crippen LogP contribution in [0.4, 0.5) is 13.2 Å². The Balaban J connectivity index is 2.04. The van der Waals surface area contributed by atoms with Gasteiger partial charge in [0.15, 0.2) is 6.10 Å². The number of benzene rings is 1. The van der Waals surface area contributed by atoms with Gasteiger partial charge >= 0.3 is 6.18 Å². The number of hydrogen-bond donors (Lipinski definition) is 1. The minimum absolute atomic E-state index is 0.116. The molecule has 0 aliphatic carbocycles. The Labute approximate surface area is 131 Å². The standard InChI is InChI=1S/C16H15F3N2O2/c1-23-14(11-6-3-2-4-7-11)15(22)20-10-12-8-5-9-13(21-12)16(17,18)19/h2-9,14H,10H2,1H3,(H,20,22). The van der Waals surface area contributed by atoms with E-state index in [0.717, 1.165) is 6.07 Å². The van der Waals surface area contributed by atoms with Crippen LogP contribution in [0.25, 0.3) is 0 Å². The number of ether oxygens (including phenoxy) is 1. The smallest absolute Gasteiger partial charge is 0.367 e. The van der Waals surface area contributed by atoms with Gasteiger partial charge in [0, 0.05) is 7.11 Å². The molecule has 2 aromatic rings. The topological polar surface area (TPSA) is 51.2 Å². The number of pyridine rings is 1. The number of carbonyl (C=O) groups is 1. The fourth-order valence-corrected chi connectivity index (χ4v) is 2.03. The first-order valence-electron chi connectivity index (χ1n) is 6.80. The van der Waals surface area contributed by atoms with Gasteiger partial charge in [0.1, 0.15) is 5.69 Å². The Kier molecular flexibility index (Phi) is 5.33. The van der Waals surface area contributed by atoms with E-state index in [9.17, 15) is 18.0 Å². The third-order valence-corrected chi connectivity index (χ3v) is 3.12. The quantitative estimate of drug-likeness (QED) is 0.919. The molecule has 4 nitrogen and oxygen atoms in total. The predicted octanol–water partition coefficient (Wildman–Crippen LogP) is 3.10. The molecule has 1 N–H and O–H groups in total. The lowest BCUT2D eigenvalue weighted by Crippen LogP contribution is -2.30. The largest absolute Gasteiger partial charge is 0.433 e. The fraction of sp³-hybridized carbons (Fsp3) is 0.250. The van der Waals surface area contributed by atoms with E-state index in [2.05, 4.69) is 10.3 Å². The number of aromatic nitrogens is 1. The highest BCUT2D eigenvalue weighted by Gasteiger charge is 2.32. The Bertz CT molecular complexity index is 660. The van der Waals surface area contributed by atoms with Gasteiger partial charge in [-0.3, -0.25) is 4.79 Å². The van der Waals surface area contributed by atoms with E-state index in [4.69, 9.17) is 4.74 Å². The highest BCUT2D eigenvalue weighted by Crippen LogP contribution is 2.27. The van der Waals surface area contributed by atoms with E-state index in [0.29, 0.717) is 5.56 Å². The molecule has 0 saturated heterocycles. The zero-order valence-electron chi connectivity index (χ0n) is 12.3. The maximum Gasteiger partial charge on any atom is 0.433 e. The Morgan fingerprint density at radius 2 is 1.87 bits per heavy atom. The maximum absolute atomic E-state index is 12.6. The van der Waals surface area contributed by atoms with Crippen LogP contribution < -0.4 is 5.32 Å². The van der Waals surface area contributed by atoms with Gasteiger partial charge < -0.3 is 10.1 Å². The summed E-state index contributed by atoms with van der Waals surface area (Å²) in [5, 5.41) is 2.53. The summed E-state index contributed by atoms with van der Waals surface area (Å²) in [6.45, 7) is -0.116. The first kappa shape index (κ1) is 17.0. The van der Waals surface area contributed by atoms with Crippen LogP contribution in [-0.4, -0.2) is 18.0 Å². The maximum atomic E-state index is 12.6. The number of amides is 1. The highest BCUT2D eigenvalue weighted by atomic mass is 19.4. The summed E-state index contributed by atoms with van der Waals surface area (Å²) >= 11 is 0. The van der Waals surface area contributed by atoms with Crippen molar-refractivity contribution in [2.45, 2.75) is 18.8 Å². The third-order valence-electron chi connectivity index (χ3n) is 3.12. The molecule has 1 aromatic carbocycles. The fourth-order valence-electron chi connectivity index (χ4n) is 2.03. The van der Waals surface area contributed by atoms with Crippen molar-refractivity contribution in [3.05, 3.63) is 65.5 Å². The van der Waals surface area contributed by atoms with Gasteiger partial charge in [-0.25, -0.2) is 4.98 Å². The molecule has 0 spiro atoms. The number of alkyl halides is 3. The molecular formula is C16H15F3N2O2. The summed E-state index contributed by atoms with van der Waals surface area (Å²) in [4.78, 5) is 15.6. The third kappa shape index (κ3) is 4.53.